The number of aryl methyl sites for hydroxylation is 2. The highest BCUT2D eigenvalue weighted by molar-refractivity contribution is 6.31. The van der Waals surface area contributed by atoms with E-state index in [0.29, 0.717) is 0 Å². The maximum absolute atomic E-state index is 6.21. The number of aromatic nitrogens is 1. The van der Waals surface area contributed by atoms with Gasteiger partial charge in [0.25, 0.3) is 0 Å². The molecule has 0 saturated heterocycles. The van der Waals surface area contributed by atoms with E-state index in [-0.39, 0.29) is 0 Å². The van der Waals surface area contributed by atoms with Crippen LogP contribution in [0.2, 0.25) is 5.02 Å². The van der Waals surface area contributed by atoms with Crippen molar-refractivity contribution < 1.29 is 0 Å². The van der Waals surface area contributed by atoms with Crippen LogP contribution in [-0.4, -0.2) is 11.6 Å². The van der Waals surface area contributed by atoms with Crippen LogP contribution in [0.4, 0.5) is 0 Å². The highest BCUT2D eigenvalue weighted by Crippen LogP contribution is 2.24. The van der Waals surface area contributed by atoms with Gasteiger partial charge in [-0.1, -0.05) is 17.7 Å². The van der Waals surface area contributed by atoms with Crippen LogP contribution in [0.25, 0.3) is 5.69 Å². The number of nitrogens with one attached hydrogen (secondary N) is 1. The lowest BCUT2D eigenvalue weighted by Crippen LogP contribution is -2.06. The number of halogens is 1. The predicted octanol–water partition coefficient (Wildman–Crippen LogP) is 3.78. The number of rotatable bonds is 3. The van der Waals surface area contributed by atoms with E-state index in [1.807, 2.05) is 20.0 Å². The van der Waals surface area contributed by atoms with Gasteiger partial charge in [-0.05, 0) is 57.1 Å². The van der Waals surface area contributed by atoms with E-state index in [0.717, 1.165) is 22.8 Å². The maximum atomic E-state index is 6.21. The quantitative estimate of drug-likeness (QED) is 0.891. The van der Waals surface area contributed by atoms with Crippen LogP contribution in [0, 0.1) is 20.8 Å². The Balaban J connectivity index is 2.53. The zero-order valence-electron chi connectivity index (χ0n) is 11.3. The Morgan fingerprint density at radius 2 is 1.89 bits per heavy atom. The molecule has 0 unspecified atom stereocenters. The minimum absolute atomic E-state index is 0.815. The third-order valence-electron chi connectivity index (χ3n) is 3.32. The van der Waals surface area contributed by atoms with Crippen LogP contribution in [0.5, 0.6) is 0 Å². The van der Waals surface area contributed by atoms with Crippen molar-refractivity contribution in [2.45, 2.75) is 27.3 Å². The fraction of sp³-hybridized carbons (Fsp3) is 0.333. The van der Waals surface area contributed by atoms with Crippen molar-refractivity contribution in [2.75, 3.05) is 7.05 Å². The molecule has 1 aromatic heterocycles. The van der Waals surface area contributed by atoms with Gasteiger partial charge in [0.2, 0.25) is 0 Å². The average molecular weight is 263 g/mol. The largest absolute Gasteiger partial charge is 0.318 e. The number of hydrogen-bond donors (Lipinski definition) is 1. The molecule has 1 aromatic carbocycles. The molecule has 1 N–H and O–H groups in total. The molecule has 0 saturated carbocycles. The molecule has 0 spiro atoms. The fourth-order valence-corrected chi connectivity index (χ4v) is 2.49. The minimum atomic E-state index is 0.815. The first-order valence-electron chi connectivity index (χ1n) is 6.13. The van der Waals surface area contributed by atoms with E-state index in [9.17, 15) is 0 Å². The molecule has 2 rings (SSSR count). The van der Waals surface area contributed by atoms with Gasteiger partial charge in [0.15, 0.2) is 0 Å². The molecule has 0 atom stereocenters. The van der Waals surface area contributed by atoms with E-state index in [1.54, 1.807) is 0 Å². The van der Waals surface area contributed by atoms with Gasteiger partial charge in [-0.15, -0.1) is 0 Å². The molecule has 1 heterocycles. The minimum Gasteiger partial charge on any atom is -0.318 e. The summed E-state index contributed by atoms with van der Waals surface area (Å²) in [4.78, 5) is 0. The first kappa shape index (κ1) is 13.2. The van der Waals surface area contributed by atoms with Crippen LogP contribution < -0.4 is 5.32 Å². The first-order valence-corrected chi connectivity index (χ1v) is 6.51. The molecule has 18 heavy (non-hydrogen) atoms. The summed E-state index contributed by atoms with van der Waals surface area (Å²) < 4.78 is 2.25. The van der Waals surface area contributed by atoms with Crippen LogP contribution in [-0.2, 0) is 6.54 Å². The zero-order chi connectivity index (χ0) is 13.3. The highest BCUT2D eigenvalue weighted by Gasteiger charge is 2.10. The van der Waals surface area contributed by atoms with Crippen molar-refractivity contribution >= 4 is 11.6 Å². The second-order valence-corrected chi connectivity index (χ2v) is 5.10. The number of hydrogen-bond acceptors (Lipinski definition) is 1. The number of benzene rings is 1. The molecule has 0 amide bonds. The topological polar surface area (TPSA) is 17.0 Å². The molecule has 0 radical (unpaired) electrons. The fourth-order valence-electron chi connectivity index (χ4n) is 2.32. The zero-order valence-corrected chi connectivity index (χ0v) is 12.1. The molecule has 0 aliphatic carbocycles. The lowest BCUT2D eigenvalue weighted by atomic mass is 10.2. The summed E-state index contributed by atoms with van der Waals surface area (Å²) in [7, 11) is 1.97. The van der Waals surface area contributed by atoms with Crippen molar-refractivity contribution in [2.24, 2.45) is 0 Å². The van der Waals surface area contributed by atoms with Gasteiger partial charge in [0.1, 0.15) is 0 Å². The SMILES string of the molecule is CNCc1cc(C)n(-c2ccc(C)c(Cl)c2)c1C. The summed E-state index contributed by atoms with van der Waals surface area (Å²) in [6.07, 6.45) is 0. The second kappa shape index (κ2) is 5.17. The highest BCUT2D eigenvalue weighted by atomic mass is 35.5. The lowest BCUT2D eigenvalue weighted by Gasteiger charge is -2.11. The third kappa shape index (κ3) is 2.31. The van der Waals surface area contributed by atoms with Gasteiger partial charge in [0.05, 0.1) is 0 Å². The van der Waals surface area contributed by atoms with Crippen molar-refractivity contribution in [3.05, 3.63) is 51.8 Å². The molecule has 0 aliphatic heterocycles. The molecule has 0 aliphatic rings. The van der Waals surface area contributed by atoms with Crippen molar-refractivity contribution in [1.82, 2.24) is 9.88 Å². The summed E-state index contributed by atoms with van der Waals surface area (Å²) >= 11 is 6.21. The molecule has 2 aromatic rings. The number of nitrogens with zero attached hydrogens (tertiary/aromatic N) is 1. The Morgan fingerprint density at radius 1 is 1.17 bits per heavy atom. The van der Waals surface area contributed by atoms with Crippen LogP contribution in [0.15, 0.2) is 24.3 Å². The molecular weight excluding hydrogens is 244 g/mol. The summed E-state index contributed by atoms with van der Waals surface area (Å²) in [5, 5.41) is 4.01. The van der Waals surface area contributed by atoms with Gasteiger partial charge in [-0.25, -0.2) is 0 Å². The summed E-state index contributed by atoms with van der Waals surface area (Å²) in [5.74, 6) is 0. The first-order chi connectivity index (χ1) is 8.54. The van der Waals surface area contributed by atoms with E-state index in [2.05, 4.69) is 41.9 Å². The smallest absolute Gasteiger partial charge is 0.0470 e. The van der Waals surface area contributed by atoms with Gasteiger partial charge >= 0.3 is 0 Å². The average Bonchev–Trinajstić information content (AvgIpc) is 2.59. The van der Waals surface area contributed by atoms with Crippen LogP contribution >= 0.6 is 11.6 Å². The third-order valence-corrected chi connectivity index (χ3v) is 3.72. The van der Waals surface area contributed by atoms with Crippen molar-refractivity contribution in [1.29, 1.82) is 0 Å². The molecule has 3 heteroatoms. The van der Waals surface area contributed by atoms with Gasteiger partial charge in [-0.3, -0.25) is 0 Å². The second-order valence-electron chi connectivity index (χ2n) is 4.70. The Hall–Kier alpha value is -1.25. The Kier molecular flexibility index (Phi) is 3.79. The molecular formula is C15H19ClN2. The molecule has 96 valence electrons. The van der Waals surface area contributed by atoms with Gasteiger partial charge in [0, 0.05) is 28.6 Å². The Labute approximate surface area is 114 Å². The van der Waals surface area contributed by atoms with Crippen LogP contribution in [0.3, 0.4) is 0 Å². The summed E-state index contributed by atoms with van der Waals surface area (Å²) in [5.41, 5.74) is 6.06. The molecule has 0 bridgehead atoms. The predicted molar refractivity (Wildman–Crippen MR) is 77.8 cm³/mol. The van der Waals surface area contributed by atoms with E-state index >= 15 is 0 Å². The maximum Gasteiger partial charge on any atom is 0.0470 e. The lowest BCUT2D eigenvalue weighted by molar-refractivity contribution is 0.807. The van der Waals surface area contributed by atoms with Gasteiger partial charge < -0.3 is 9.88 Å². The van der Waals surface area contributed by atoms with E-state index in [1.165, 1.54) is 17.0 Å². The molecule has 0 fully saturated rings. The summed E-state index contributed by atoms with van der Waals surface area (Å²) in [6, 6.07) is 8.43. The normalized spacial score (nSPS) is 10.9. The van der Waals surface area contributed by atoms with Crippen molar-refractivity contribution in [3.8, 4) is 5.69 Å². The van der Waals surface area contributed by atoms with Gasteiger partial charge in [-0.2, -0.15) is 0 Å². The summed E-state index contributed by atoms with van der Waals surface area (Å²) in [6.45, 7) is 7.18. The molecule has 2 nitrogen and oxygen atoms in total. The standard InChI is InChI=1S/C15H19ClN2/c1-10-5-6-14(8-15(10)16)18-11(2)7-13(9-17-4)12(18)3/h5-8,17H,9H2,1-4H3. The van der Waals surface area contributed by atoms with E-state index in [4.69, 9.17) is 11.6 Å². The van der Waals surface area contributed by atoms with Crippen LogP contribution in [0.1, 0.15) is 22.5 Å². The monoisotopic (exact) mass is 262 g/mol. The Morgan fingerprint density at radius 3 is 2.50 bits per heavy atom. The van der Waals surface area contributed by atoms with E-state index < -0.39 is 0 Å². The Bertz CT molecular complexity index is 570. The van der Waals surface area contributed by atoms with Crippen molar-refractivity contribution in [3.63, 3.8) is 0 Å².